The van der Waals surface area contributed by atoms with Gasteiger partial charge >= 0.3 is 0 Å². The Morgan fingerprint density at radius 2 is 1.93 bits per heavy atom. The van der Waals surface area contributed by atoms with E-state index in [4.69, 9.17) is 14.9 Å². The van der Waals surface area contributed by atoms with Crippen molar-refractivity contribution in [2.45, 2.75) is 43.9 Å². The standard InChI is InChI=1S/C10H21NO3/c1-14-10-5-3-2-4-9(10)11-8(6-12)7-13/h8-13H,2-7H2,1H3. The molecular weight excluding hydrogens is 182 g/mol. The number of hydrogen-bond donors (Lipinski definition) is 3. The van der Waals surface area contributed by atoms with Gasteiger partial charge in [0.15, 0.2) is 0 Å². The highest BCUT2D eigenvalue weighted by Gasteiger charge is 2.26. The SMILES string of the molecule is COC1CCCCC1NC(CO)CO. The molecule has 1 saturated carbocycles. The van der Waals surface area contributed by atoms with E-state index in [1.807, 2.05) is 0 Å². The van der Waals surface area contributed by atoms with E-state index in [1.165, 1.54) is 12.8 Å². The number of rotatable bonds is 5. The molecule has 0 aromatic carbocycles. The highest BCUT2D eigenvalue weighted by atomic mass is 16.5. The van der Waals surface area contributed by atoms with Crippen LogP contribution in [-0.4, -0.2) is 48.7 Å². The van der Waals surface area contributed by atoms with E-state index in [9.17, 15) is 0 Å². The first-order valence-corrected chi connectivity index (χ1v) is 5.32. The molecule has 0 heterocycles. The molecule has 1 rings (SSSR count). The van der Waals surface area contributed by atoms with Crippen molar-refractivity contribution in [2.24, 2.45) is 0 Å². The summed E-state index contributed by atoms with van der Waals surface area (Å²) in [5.74, 6) is 0. The summed E-state index contributed by atoms with van der Waals surface area (Å²) in [6.45, 7) is -0.0487. The average molecular weight is 203 g/mol. The minimum atomic E-state index is -0.212. The van der Waals surface area contributed by atoms with Crippen LogP contribution in [0, 0.1) is 0 Å². The third kappa shape index (κ3) is 3.20. The van der Waals surface area contributed by atoms with Gasteiger partial charge in [0.2, 0.25) is 0 Å². The molecule has 2 unspecified atom stereocenters. The van der Waals surface area contributed by atoms with Crippen LogP contribution in [0.4, 0.5) is 0 Å². The molecule has 1 aliphatic rings. The van der Waals surface area contributed by atoms with Crippen molar-refractivity contribution in [1.29, 1.82) is 0 Å². The Morgan fingerprint density at radius 3 is 2.50 bits per heavy atom. The first-order valence-electron chi connectivity index (χ1n) is 5.32. The predicted octanol–water partition coefficient (Wildman–Crippen LogP) is -0.113. The van der Waals surface area contributed by atoms with E-state index in [2.05, 4.69) is 5.32 Å². The first-order chi connectivity index (χ1) is 6.81. The zero-order chi connectivity index (χ0) is 10.4. The van der Waals surface area contributed by atoms with Crippen molar-refractivity contribution >= 4 is 0 Å². The van der Waals surface area contributed by atoms with Gasteiger partial charge in [-0.25, -0.2) is 0 Å². The maximum atomic E-state index is 8.95. The molecule has 0 aliphatic heterocycles. The van der Waals surface area contributed by atoms with Crippen molar-refractivity contribution in [3.63, 3.8) is 0 Å². The summed E-state index contributed by atoms with van der Waals surface area (Å²) in [6, 6.07) is 0.0637. The van der Waals surface area contributed by atoms with Gasteiger partial charge in [-0.05, 0) is 12.8 Å². The second kappa shape index (κ2) is 6.35. The Kier molecular flexibility index (Phi) is 5.40. The molecule has 0 amide bonds. The van der Waals surface area contributed by atoms with Gasteiger partial charge in [-0.15, -0.1) is 0 Å². The third-order valence-corrected chi connectivity index (χ3v) is 2.90. The minimum absolute atomic E-state index is 0.0244. The van der Waals surface area contributed by atoms with Crippen molar-refractivity contribution in [3.05, 3.63) is 0 Å². The number of aliphatic hydroxyl groups is 2. The summed E-state index contributed by atoms with van der Waals surface area (Å²) in [5.41, 5.74) is 0. The summed E-state index contributed by atoms with van der Waals surface area (Å²) in [4.78, 5) is 0. The van der Waals surface area contributed by atoms with Crippen molar-refractivity contribution in [3.8, 4) is 0 Å². The molecule has 1 fully saturated rings. The molecule has 4 nitrogen and oxygen atoms in total. The van der Waals surface area contributed by atoms with Gasteiger partial charge in [0, 0.05) is 13.2 Å². The summed E-state index contributed by atoms with van der Waals surface area (Å²) < 4.78 is 5.37. The molecule has 0 saturated heterocycles. The molecule has 14 heavy (non-hydrogen) atoms. The Hall–Kier alpha value is -0.160. The van der Waals surface area contributed by atoms with Crippen LogP contribution < -0.4 is 5.32 Å². The van der Waals surface area contributed by atoms with Crippen LogP contribution in [-0.2, 0) is 4.74 Å². The van der Waals surface area contributed by atoms with E-state index in [-0.39, 0.29) is 31.4 Å². The lowest BCUT2D eigenvalue weighted by Gasteiger charge is -2.33. The monoisotopic (exact) mass is 203 g/mol. The van der Waals surface area contributed by atoms with E-state index < -0.39 is 0 Å². The average Bonchev–Trinajstić information content (AvgIpc) is 2.26. The maximum Gasteiger partial charge on any atom is 0.0724 e. The van der Waals surface area contributed by atoms with Gasteiger partial charge in [-0.2, -0.15) is 0 Å². The van der Waals surface area contributed by atoms with Gasteiger partial charge in [0.05, 0.1) is 25.4 Å². The van der Waals surface area contributed by atoms with Crippen LogP contribution in [0.3, 0.4) is 0 Å². The zero-order valence-corrected chi connectivity index (χ0v) is 8.78. The molecule has 1 aliphatic carbocycles. The van der Waals surface area contributed by atoms with Crippen molar-refractivity contribution in [2.75, 3.05) is 20.3 Å². The van der Waals surface area contributed by atoms with Gasteiger partial charge in [0.1, 0.15) is 0 Å². The van der Waals surface area contributed by atoms with Crippen LogP contribution >= 0.6 is 0 Å². The molecule has 4 heteroatoms. The first kappa shape index (κ1) is 11.9. The zero-order valence-electron chi connectivity index (χ0n) is 8.78. The smallest absolute Gasteiger partial charge is 0.0724 e. The molecule has 0 radical (unpaired) electrons. The largest absolute Gasteiger partial charge is 0.395 e. The fourth-order valence-electron chi connectivity index (χ4n) is 2.04. The fraction of sp³-hybridized carbons (Fsp3) is 1.00. The molecule has 2 atom stereocenters. The summed E-state index contributed by atoms with van der Waals surface area (Å²) in [5, 5.41) is 21.1. The highest BCUT2D eigenvalue weighted by Crippen LogP contribution is 2.20. The Labute approximate surface area is 85.3 Å². The Bertz CT molecular complexity index is 150. The maximum absolute atomic E-state index is 8.95. The van der Waals surface area contributed by atoms with Gasteiger partial charge in [0.25, 0.3) is 0 Å². The summed E-state index contributed by atoms with van der Waals surface area (Å²) >= 11 is 0. The lowest BCUT2D eigenvalue weighted by atomic mass is 9.92. The number of aliphatic hydroxyl groups excluding tert-OH is 2. The van der Waals surface area contributed by atoms with Crippen LogP contribution in [0.15, 0.2) is 0 Å². The van der Waals surface area contributed by atoms with E-state index >= 15 is 0 Å². The van der Waals surface area contributed by atoms with E-state index in [0.29, 0.717) is 0 Å². The van der Waals surface area contributed by atoms with Gasteiger partial charge in [-0.3, -0.25) is 0 Å². The highest BCUT2D eigenvalue weighted by molar-refractivity contribution is 4.84. The number of methoxy groups -OCH3 is 1. The second-order valence-electron chi connectivity index (χ2n) is 3.89. The van der Waals surface area contributed by atoms with Crippen LogP contribution in [0.25, 0.3) is 0 Å². The van der Waals surface area contributed by atoms with Crippen molar-refractivity contribution < 1.29 is 14.9 Å². The van der Waals surface area contributed by atoms with E-state index in [0.717, 1.165) is 12.8 Å². The van der Waals surface area contributed by atoms with Crippen LogP contribution in [0.1, 0.15) is 25.7 Å². The summed E-state index contributed by atoms with van der Waals surface area (Å²) in [7, 11) is 1.72. The topological polar surface area (TPSA) is 61.7 Å². The number of nitrogens with one attached hydrogen (secondary N) is 1. The molecule has 0 aromatic heterocycles. The molecule has 0 bridgehead atoms. The molecule has 0 spiro atoms. The third-order valence-electron chi connectivity index (χ3n) is 2.90. The number of hydrogen-bond acceptors (Lipinski definition) is 4. The van der Waals surface area contributed by atoms with E-state index in [1.54, 1.807) is 7.11 Å². The Balaban J connectivity index is 2.39. The lowest BCUT2D eigenvalue weighted by Crippen LogP contribution is -2.50. The summed E-state index contributed by atoms with van der Waals surface area (Å²) in [6.07, 6.45) is 4.76. The second-order valence-corrected chi connectivity index (χ2v) is 3.89. The lowest BCUT2D eigenvalue weighted by molar-refractivity contribution is 0.0296. The van der Waals surface area contributed by atoms with Gasteiger partial charge < -0.3 is 20.3 Å². The Morgan fingerprint density at radius 1 is 1.29 bits per heavy atom. The van der Waals surface area contributed by atoms with Crippen molar-refractivity contribution in [1.82, 2.24) is 5.32 Å². The molecule has 3 N–H and O–H groups in total. The fourth-order valence-corrected chi connectivity index (χ4v) is 2.04. The van der Waals surface area contributed by atoms with Gasteiger partial charge in [-0.1, -0.05) is 12.8 Å². The minimum Gasteiger partial charge on any atom is -0.395 e. The molecule has 84 valence electrons. The van der Waals surface area contributed by atoms with Crippen LogP contribution in [0.2, 0.25) is 0 Å². The molecule has 0 aromatic rings. The predicted molar refractivity (Wildman–Crippen MR) is 54.1 cm³/mol. The van der Waals surface area contributed by atoms with Crippen LogP contribution in [0.5, 0.6) is 0 Å². The normalized spacial score (nSPS) is 28.3. The quantitative estimate of drug-likeness (QED) is 0.583. The molecular formula is C10H21NO3. The number of ether oxygens (including phenoxy) is 1.